The molecule has 2 aromatic carbocycles. The monoisotopic (exact) mass is 334 g/mol. The van der Waals surface area contributed by atoms with Gasteiger partial charge in [0.1, 0.15) is 0 Å². The van der Waals surface area contributed by atoms with Gasteiger partial charge < -0.3 is 10.2 Å². The average Bonchev–Trinajstić information content (AvgIpc) is 3.09. The zero-order valence-electron chi connectivity index (χ0n) is 14.5. The Bertz CT molecular complexity index is 840. The first-order chi connectivity index (χ1) is 12.1. The molecule has 1 amide bonds. The summed E-state index contributed by atoms with van der Waals surface area (Å²) in [7, 11) is 3.98. The second-order valence-corrected chi connectivity index (χ2v) is 6.22. The summed E-state index contributed by atoms with van der Waals surface area (Å²) in [4.78, 5) is 14.6. The van der Waals surface area contributed by atoms with Crippen LogP contribution >= 0.6 is 0 Å². The van der Waals surface area contributed by atoms with Crippen LogP contribution in [0.4, 0.5) is 0 Å². The molecular formula is C20H22N4O. The van der Waals surface area contributed by atoms with Crippen molar-refractivity contribution >= 4 is 5.91 Å². The average molecular weight is 334 g/mol. The van der Waals surface area contributed by atoms with Gasteiger partial charge in [0.15, 0.2) is 0 Å². The first kappa shape index (κ1) is 16.9. The van der Waals surface area contributed by atoms with E-state index in [9.17, 15) is 4.79 Å². The van der Waals surface area contributed by atoms with Crippen LogP contribution in [0, 0.1) is 0 Å². The first-order valence-corrected chi connectivity index (χ1v) is 8.24. The maximum atomic E-state index is 12.5. The quantitative estimate of drug-likeness (QED) is 0.728. The molecule has 0 aliphatic rings. The van der Waals surface area contributed by atoms with Crippen molar-refractivity contribution in [1.29, 1.82) is 0 Å². The van der Waals surface area contributed by atoms with Crippen LogP contribution in [0.1, 0.15) is 21.6 Å². The molecule has 3 aromatic rings. The molecule has 128 valence electrons. The Kier molecular flexibility index (Phi) is 5.26. The maximum Gasteiger partial charge on any atom is 0.251 e. The molecule has 0 saturated heterocycles. The van der Waals surface area contributed by atoms with Crippen LogP contribution in [-0.4, -0.2) is 35.1 Å². The largest absolute Gasteiger partial charge is 0.346 e. The third-order valence-corrected chi connectivity index (χ3v) is 3.89. The number of aromatic amines is 1. The Labute approximate surface area is 147 Å². The van der Waals surface area contributed by atoms with Crippen LogP contribution in [0.15, 0.2) is 60.7 Å². The van der Waals surface area contributed by atoms with Crippen molar-refractivity contribution in [2.24, 2.45) is 0 Å². The molecule has 1 heterocycles. The maximum absolute atomic E-state index is 12.5. The number of carbonyl (C=O) groups is 1. The Morgan fingerprint density at radius 3 is 2.56 bits per heavy atom. The van der Waals surface area contributed by atoms with Crippen molar-refractivity contribution in [3.8, 4) is 11.3 Å². The van der Waals surface area contributed by atoms with Gasteiger partial charge in [0, 0.05) is 17.7 Å². The van der Waals surface area contributed by atoms with E-state index in [1.54, 1.807) is 0 Å². The highest BCUT2D eigenvalue weighted by Gasteiger charge is 2.12. The van der Waals surface area contributed by atoms with E-state index in [0.29, 0.717) is 12.1 Å². The zero-order chi connectivity index (χ0) is 17.6. The van der Waals surface area contributed by atoms with Crippen molar-refractivity contribution < 1.29 is 4.79 Å². The van der Waals surface area contributed by atoms with E-state index >= 15 is 0 Å². The molecule has 0 radical (unpaired) electrons. The number of benzene rings is 2. The van der Waals surface area contributed by atoms with E-state index < -0.39 is 0 Å². The highest BCUT2D eigenvalue weighted by molar-refractivity contribution is 5.95. The molecule has 3 rings (SSSR count). The topological polar surface area (TPSA) is 61.0 Å². The van der Waals surface area contributed by atoms with Crippen molar-refractivity contribution in [3.05, 3.63) is 77.5 Å². The molecule has 0 atom stereocenters. The van der Waals surface area contributed by atoms with Gasteiger partial charge in [0.05, 0.1) is 17.9 Å². The Balaban J connectivity index is 1.66. The second kappa shape index (κ2) is 7.77. The summed E-state index contributed by atoms with van der Waals surface area (Å²) < 4.78 is 0. The summed E-state index contributed by atoms with van der Waals surface area (Å²) >= 11 is 0. The van der Waals surface area contributed by atoms with Gasteiger partial charge in [0.25, 0.3) is 5.91 Å². The van der Waals surface area contributed by atoms with E-state index in [2.05, 4.69) is 15.5 Å². The number of nitrogens with zero attached hydrogens (tertiary/aromatic N) is 2. The predicted octanol–water partition coefficient (Wildman–Crippen LogP) is 3.07. The predicted molar refractivity (Wildman–Crippen MR) is 99.0 cm³/mol. The lowest BCUT2D eigenvalue weighted by Gasteiger charge is -2.13. The van der Waals surface area contributed by atoms with Gasteiger partial charge in [-0.1, -0.05) is 48.5 Å². The number of H-pyrrole nitrogens is 1. The molecule has 25 heavy (non-hydrogen) atoms. The molecule has 5 nitrogen and oxygen atoms in total. The second-order valence-electron chi connectivity index (χ2n) is 6.22. The van der Waals surface area contributed by atoms with E-state index in [0.717, 1.165) is 29.1 Å². The number of carbonyl (C=O) groups excluding carboxylic acids is 1. The summed E-state index contributed by atoms with van der Waals surface area (Å²) in [5.74, 6) is -0.0756. The van der Waals surface area contributed by atoms with Gasteiger partial charge in [-0.15, -0.1) is 0 Å². The number of hydrogen-bond acceptors (Lipinski definition) is 3. The zero-order valence-corrected chi connectivity index (χ0v) is 14.5. The fraction of sp³-hybridized carbons (Fsp3) is 0.200. The van der Waals surface area contributed by atoms with Crippen molar-refractivity contribution in [1.82, 2.24) is 20.4 Å². The molecule has 0 fully saturated rings. The van der Waals surface area contributed by atoms with Crippen molar-refractivity contribution in [3.63, 3.8) is 0 Å². The van der Waals surface area contributed by atoms with Crippen molar-refractivity contribution in [2.75, 3.05) is 14.1 Å². The standard InChI is InChI=1S/C20H22N4O/c1-24(2)14-16-10-6-7-11-18(16)20(25)21-13-17-12-19(23-22-17)15-8-4-3-5-9-15/h3-12H,13-14H2,1-2H3,(H,21,25)(H,22,23). The number of hydrogen-bond donors (Lipinski definition) is 2. The van der Waals surface area contributed by atoms with E-state index in [4.69, 9.17) is 0 Å². The Hall–Kier alpha value is -2.92. The van der Waals surface area contributed by atoms with Gasteiger partial charge in [-0.05, 0) is 31.8 Å². The van der Waals surface area contributed by atoms with Crippen LogP contribution in [0.5, 0.6) is 0 Å². The molecule has 0 aliphatic heterocycles. The minimum absolute atomic E-state index is 0.0756. The minimum atomic E-state index is -0.0756. The Morgan fingerprint density at radius 2 is 1.80 bits per heavy atom. The molecule has 0 spiro atoms. The normalized spacial score (nSPS) is 10.8. The third-order valence-electron chi connectivity index (χ3n) is 3.89. The van der Waals surface area contributed by atoms with Crippen LogP contribution in [-0.2, 0) is 13.1 Å². The third kappa shape index (κ3) is 4.33. The number of rotatable bonds is 6. The molecule has 0 unspecified atom stereocenters. The minimum Gasteiger partial charge on any atom is -0.346 e. The molecule has 0 bridgehead atoms. The smallest absolute Gasteiger partial charge is 0.251 e. The summed E-state index contributed by atoms with van der Waals surface area (Å²) in [5, 5.41) is 10.3. The van der Waals surface area contributed by atoms with Gasteiger partial charge in [0.2, 0.25) is 0 Å². The van der Waals surface area contributed by atoms with E-state index in [-0.39, 0.29) is 5.91 Å². The van der Waals surface area contributed by atoms with E-state index in [1.165, 1.54) is 0 Å². The summed E-state index contributed by atoms with van der Waals surface area (Å²) in [6.07, 6.45) is 0. The van der Waals surface area contributed by atoms with Gasteiger partial charge in [-0.25, -0.2) is 0 Å². The van der Waals surface area contributed by atoms with Gasteiger partial charge in [-0.3, -0.25) is 9.89 Å². The van der Waals surface area contributed by atoms with Gasteiger partial charge >= 0.3 is 0 Å². The Morgan fingerprint density at radius 1 is 1.08 bits per heavy atom. The fourth-order valence-corrected chi connectivity index (χ4v) is 2.70. The summed E-state index contributed by atoms with van der Waals surface area (Å²) in [5.41, 5.74) is 4.52. The van der Waals surface area contributed by atoms with Crippen LogP contribution < -0.4 is 5.32 Å². The van der Waals surface area contributed by atoms with Crippen molar-refractivity contribution in [2.45, 2.75) is 13.1 Å². The first-order valence-electron chi connectivity index (χ1n) is 8.24. The number of aromatic nitrogens is 2. The van der Waals surface area contributed by atoms with Crippen LogP contribution in [0.25, 0.3) is 11.3 Å². The lowest BCUT2D eigenvalue weighted by atomic mass is 10.1. The number of amides is 1. The molecule has 0 aliphatic carbocycles. The highest BCUT2D eigenvalue weighted by Crippen LogP contribution is 2.17. The highest BCUT2D eigenvalue weighted by atomic mass is 16.1. The fourth-order valence-electron chi connectivity index (χ4n) is 2.70. The molecule has 0 saturated carbocycles. The van der Waals surface area contributed by atoms with E-state index in [1.807, 2.05) is 79.7 Å². The van der Waals surface area contributed by atoms with Crippen LogP contribution in [0.3, 0.4) is 0 Å². The SMILES string of the molecule is CN(C)Cc1ccccc1C(=O)NCc1cc(-c2ccccc2)n[nH]1. The van der Waals surface area contributed by atoms with Gasteiger partial charge in [-0.2, -0.15) is 5.10 Å². The molecule has 2 N–H and O–H groups in total. The number of nitrogens with one attached hydrogen (secondary N) is 2. The lowest BCUT2D eigenvalue weighted by Crippen LogP contribution is -2.25. The molecule has 5 heteroatoms. The molecule has 1 aromatic heterocycles. The lowest BCUT2D eigenvalue weighted by molar-refractivity contribution is 0.0949. The summed E-state index contributed by atoms with van der Waals surface area (Å²) in [6.45, 7) is 1.14. The molecular weight excluding hydrogens is 312 g/mol. The van der Waals surface area contributed by atoms with Crippen LogP contribution in [0.2, 0.25) is 0 Å². The summed E-state index contributed by atoms with van der Waals surface area (Å²) in [6, 6.07) is 19.6.